The molecule has 0 aromatic heterocycles. The number of ether oxygens (including phenoxy) is 2. The van der Waals surface area contributed by atoms with E-state index in [9.17, 15) is 13.6 Å². The molecule has 2 aliphatic rings. The third-order valence-corrected chi connectivity index (χ3v) is 6.08. The van der Waals surface area contributed by atoms with Crippen molar-refractivity contribution < 1.29 is 23.0 Å². The predicted octanol–water partition coefficient (Wildman–Crippen LogP) is 3.47. The molecule has 1 N–H and O–H groups in total. The number of amides is 1. The van der Waals surface area contributed by atoms with Gasteiger partial charge in [0.15, 0.2) is 6.61 Å². The van der Waals surface area contributed by atoms with E-state index in [4.69, 9.17) is 9.47 Å². The molecule has 1 fully saturated rings. The molecule has 0 aliphatic carbocycles. The standard InChI is InChI=1S/C25H29F2N3O3/c1-32-21-5-7-24-23(16-21)30(25(31)17-33-24)14-10-28-20-8-12-29(13-9-20)11-2-3-18-15-19(26)4-6-22(18)27/h2-7,15-16,20,28H,8-14,17H2,1H3. The number of rotatable bonds is 8. The fourth-order valence-corrected chi connectivity index (χ4v) is 4.23. The molecule has 8 heteroatoms. The predicted molar refractivity (Wildman–Crippen MR) is 124 cm³/mol. The van der Waals surface area contributed by atoms with E-state index in [1.165, 1.54) is 6.07 Å². The minimum absolute atomic E-state index is 0.0464. The van der Waals surface area contributed by atoms with Crippen molar-refractivity contribution in [3.63, 3.8) is 0 Å². The molecule has 2 aliphatic heterocycles. The van der Waals surface area contributed by atoms with Gasteiger partial charge in [0.05, 0.1) is 12.8 Å². The number of carbonyl (C=O) groups is 1. The van der Waals surface area contributed by atoms with Crippen molar-refractivity contribution in [2.75, 3.05) is 51.3 Å². The van der Waals surface area contributed by atoms with Crippen LogP contribution in [0.25, 0.3) is 6.08 Å². The van der Waals surface area contributed by atoms with Gasteiger partial charge in [0.2, 0.25) is 0 Å². The number of halogens is 2. The van der Waals surface area contributed by atoms with Crippen molar-refractivity contribution in [2.24, 2.45) is 0 Å². The van der Waals surface area contributed by atoms with Crippen LogP contribution in [0.1, 0.15) is 18.4 Å². The zero-order valence-corrected chi connectivity index (χ0v) is 18.7. The van der Waals surface area contributed by atoms with Gasteiger partial charge in [-0.25, -0.2) is 8.78 Å². The summed E-state index contributed by atoms with van der Waals surface area (Å²) in [6, 6.07) is 9.33. The summed E-state index contributed by atoms with van der Waals surface area (Å²) in [6.07, 6.45) is 5.49. The molecule has 0 unspecified atom stereocenters. The van der Waals surface area contributed by atoms with Crippen LogP contribution in [0.15, 0.2) is 42.5 Å². The summed E-state index contributed by atoms with van der Waals surface area (Å²) in [5.41, 5.74) is 1.01. The second-order valence-corrected chi connectivity index (χ2v) is 8.26. The molecule has 33 heavy (non-hydrogen) atoms. The van der Waals surface area contributed by atoms with Gasteiger partial charge in [0.1, 0.15) is 23.1 Å². The number of carbonyl (C=O) groups excluding carboxylic acids is 1. The maximum atomic E-state index is 13.7. The maximum Gasteiger partial charge on any atom is 0.265 e. The smallest absolute Gasteiger partial charge is 0.265 e. The minimum atomic E-state index is -0.440. The summed E-state index contributed by atoms with van der Waals surface area (Å²) in [7, 11) is 1.60. The van der Waals surface area contributed by atoms with Gasteiger partial charge in [-0.1, -0.05) is 12.2 Å². The Hall–Kier alpha value is -2.97. The molecule has 0 spiro atoms. The monoisotopic (exact) mass is 457 g/mol. The van der Waals surface area contributed by atoms with Crippen molar-refractivity contribution in [3.8, 4) is 11.5 Å². The minimum Gasteiger partial charge on any atom is -0.497 e. The third kappa shape index (κ3) is 5.89. The number of anilines is 1. The Balaban J connectivity index is 1.22. The third-order valence-electron chi connectivity index (χ3n) is 6.08. The average Bonchev–Trinajstić information content (AvgIpc) is 2.83. The average molecular weight is 458 g/mol. The van der Waals surface area contributed by atoms with Gasteiger partial charge < -0.3 is 19.7 Å². The van der Waals surface area contributed by atoms with E-state index < -0.39 is 11.6 Å². The van der Waals surface area contributed by atoms with Gasteiger partial charge in [-0.2, -0.15) is 0 Å². The number of benzene rings is 2. The van der Waals surface area contributed by atoms with Crippen LogP contribution in [0.2, 0.25) is 0 Å². The number of likely N-dealkylation sites (tertiary alicyclic amines) is 1. The van der Waals surface area contributed by atoms with Crippen molar-refractivity contribution in [1.29, 1.82) is 0 Å². The van der Waals surface area contributed by atoms with Crippen LogP contribution in [0, 0.1) is 11.6 Å². The zero-order chi connectivity index (χ0) is 23.2. The lowest BCUT2D eigenvalue weighted by molar-refractivity contribution is -0.121. The molecule has 1 saturated heterocycles. The number of nitrogens with zero attached hydrogens (tertiary/aromatic N) is 2. The second-order valence-electron chi connectivity index (χ2n) is 8.26. The Morgan fingerprint density at radius 3 is 2.79 bits per heavy atom. The number of hydrogen-bond donors (Lipinski definition) is 1. The molecule has 1 amide bonds. The van der Waals surface area contributed by atoms with E-state index in [1.807, 2.05) is 24.3 Å². The quantitative estimate of drug-likeness (QED) is 0.658. The van der Waals surface area contributed by atoms with Crippen molar-refractivity contribution in [2.45, 2.75) is 18.9 Å². The summed E-state index contributed by atoms with van der Waals surface area (Å²) < 4.78 is 37.8. The first kappa shape index (κ1) is 23.2. The van der Waals surface area contributed by atoms with Gasteiger partial charge in [-0.3, -0.25) is 9.69 Å². The molecule has 6 nitrogen and oxygen atoms in total. The van der Waals surface area contributed by atoms with Crippen LogP contribution < -0.4 is 19.7 Å². The topological polar surface area (TPSA) is 54.0 Å². The SMILES string of the molecule is COc1ccc2c(c1)N(CCNC1CCN(CC=Cc3cc(F)ccc3F)CC1)C(=O)CO2. The summed E-state index contributed by atoms with van der Waals surface area (Å²) in [4.78, 5) is 16.4. The number of piperidine rings is 1. The molecule has 0 bridgehead atoms. The molecular formula is C25H29F2N3O3. The van der Waals surface area contributed by atoms with E-state index in [0.29, 0.717) is 37.2 Å². The highest BCUT2D eigenvalue weighted by molar-refractivity contribution is 5.98. The zero-order valence-electron chi connectivity index (χ0n) is 18.7. The number of nitrogens with one attached hydrogen (secondary N) is 1. The van der Waals surface area contributed by atoms with Crippen LogP contribution in [0.3, 0.4) is 0 Å². The molecule has 4 rings (SSSR count). The van der Waals surface area contributed by atoms with Crippen LogP contribution in [0.5, 0.6) is 11.5 Å². The molecule has 2 aromatic rings. The number of methoxy groups -OCH3 is 1. The molecule has 2 aromatic carbocycles. The molecule has 0 radical (unpaired) electrons. The Morgan fingerprint density at radius 2 is 2.00 bits per heavy atom. The van der Waals surface area contributed by atoms with Crippen LogP contribution in [-0.2, 0) is 4.79 Å². The Bertz CT molecular complexity index is 1010. The fourth-order valence-electron chi connectivity index (χ4n) is 4.23. The Morgan fingerprint density at radius 1 is 1.18 bits per heavy atom. The van der Waals surface area contributed by atoms with E-state index in [0.717, 1.165) is 43.8 Å². The summed E-state index contributed by atoms with van der Waals surface area (Å²) >= 11 is 0. The van der Waals surface area contributed by atoms with Gasteiger partial charge in [0, 0.05) is 37.3 Å². The van der Waals surface area contributed by atoms with Crippen LogP contribution in [-0.4, -0.2) is 63.3 Å². The highest BCUT2D eigenvalue weighted by Gasteiger charge is 2.26. The molecule has 2 heterocycles. The number of fused-ring (bicyclic) bond motifs is 1. The fraction of sp³-hybridized carbons (Fsp3) is 0.400. The van der Waals surface area contributed by atoms with E-state index in [-0.39, 0.29) is 18.1 Å². The summed E-state index contributed by atoms with van der Waals surface area (Å²) in [5.74, 6) is 0.454. The molecule has 176 valence electrons. The van der Waals surface area contributed by atoms with Crippen molar-refractivity contribution >= 4 is 17.7 Å². The first-order valence-electron chi connectivity index (χ1n) is 11.2. The first-order valence-corrected chi connectivity index (χ1v) is 11.2. The van der Waals surface area contributed by atoms with Crippen molar-refractivity contribution in [1.82, 2.24) is 10.2 Å². The normalized spacial score (nSPS) is 17.3. The highest BCUT2D eigenvalue weighted by Crippen LogP contribution is 2.35. The Kier molecular flexibility index (Phi) is 7.57. The van der Waals surface area contributed by atoms with Crippen LogP contribution >= 0.6 is 0 Å². The lowest BCUT2D eigenvalue weighted by Crippen LogP contribution is -2.47. The van der Waals surface area contributed by atoms with Gasteiger partial charge in [0.25, 0.3) is 5.91 Å². The lowest BCUT2D eigenvalue weighted by Gasteiger charge is -2.33. The van der Waals surface area contributed by atoms with E-state index >= 15 is 0 Å². The second kappa shape index (κ2) is 10.8. The summed E-state index contributed by atoms with van der Waals surface area (Å²) in [6.45, 7) is 3.83. The Labute approximate surface area is 192 Å². The van der Waals surface area contributed by atoms with E-state index in [1.54, 1.807) is 18.1 Å². The van der Waals surface area contributed by atoms with Gasteiger partial charge >= 0.3 is 0 Å². The lowest BCUT2D eigenvalue weighted by atomic mass is 10.0. The van der Waals surface area contributed by atoms with E-state index in [2.05, 4.69) is 10.2 Å². The van der Waals surface area contributed by atoms with Gasteiger partial charge in [-0.05, 0) is 56.3 Å². The highest BCUT2D eigenvalue weighted by atomic mass is 19.1. The van der Waals surface area contributed by atoms with Crippen LogP contribution in [0.4, 0.5) is 14.5 Å². The first-order chi connectivity index (χ1) is 16.0. The van der Waals surface area contributed by atoms with Crippen molar-refractivity contribution in [3.05, 3.63) is 59.7 Å². The largest absolute Gasteiger partial charge is 0.497 e. The maximum absolute atomic E-state index is 13.7. The molecule has 0 saturated carbocycles. The molecular weight excluding hydrogens is 428 g/mol. The molecule has 0 atom stereocenters. The summed E-state index contributed by atoms with van der Waals surface area (Å²) in [5, 5.41) is 3.56. The number of hydrogen-bond acceptors (Lipinski definition) is 5. The van der Waals surface area contributed by atoms with Gasteiger partial charge in [-0.15, -0.1) is 0 Å².